The minimum Gasteiger partial charge on any atom is -0.338 e. The van der Waals surface area contributed by atoms with Crippen LogP contribution in [0.5, 0.6) is 0 Å². The maximum Gasteiger partial charge on any atom is 0.225 e. The number of hydrogen-bond donors (Lipinski definition) is 1. The predicted molar refractivity (Wildman–Crippen MR) is 54.9 cm³/mol. The normalized spacial score (nSPS) is 18.5. The number of nitrogens with zero attached hydrogens (tertiary/aromatic N) is 4. The lowest BCUT2D eigenvalue weighted by Gasteiger charge is -2.33. The Labute approximate surface area is 83.7 Å². The Morgan fingerprint density at radius 1 is 1.14 bits per heavy atom. The van der Waals surface area contributed by atoms with E-state index >= 15 is 0 Å². The molecular weight excluding hydrogens is 178 g/mol. The van der Waals surface area contributed by atoms with Gasteiger partial charge in [0.1, 0.15) is 0 Å². The van der Waals surface area contributed by atoms with Crippen molar-refractivity contribution in [1.29, 1.82) is 0 Å². The summed E-state index contributed by atoms with van der Waals surface area (Å²) < 4.78 is 0. The summed E-state index contributed by atoms with van der Waals surface area (Å²) in [5, 5.41) is 2.19. The third kappa shape index (κ3) is 2.00. The molecule has 0 bridgehead atoms. The molecule has 1 fully saturated rings. The summed E-state index contributed by atoms with van der Waals surface area (Å²) in [7, 11) is 1.95. The van der Waals surface area contributed by atoms with E-state index in [-0.39, 0.29) is 0 Å². The molecule has 14 heavy (non-hydrogen) atoms. The second-order valence-corrected chi connectivity index (χ2v) is 3.25. The SMILES string of the molecule is CNN1CCN(c2ncccn2)CC1. The average Bonchev–Trinajstić information content (AvgIpc) is 2.30. The van der Waals surface area contributed by atoms with E-state index in [9.17, 15) is 0 Å². The van der Waals surface area contributed by atoms with Crippen LogP contribution in [0.1, 0.15) is 0 Å². The summed E-state index contributed by atoms with van der Waals surface area (Å²) >= 11 is 0. The Morgan fingerprint density at radius 3 is 2.36 bits per heavy atom. The highest BCUT2D eigenvalue weighted by molar-refractivity contribution is 5.28. The molecule has 2 rings (SSSR count). The summed E-state index contributed by atoms with van der Waals surface area (Å²) in [4.78, 5) is 10.7. The first-order valence-corrected chi connectivity index (χ1v) is 4.84. The van der Waals surface area contributed by atoms with Gasteiger partial charge in [0.15, 0.2) is 0 Å². The lowest BCUT2D eigenvalue weighted by Crippen LogP contribution is -2.51. The van der Waals surface area contributed by atoms with Crippen LogP contribution in [0.3, 0.4) is 0 Å². The Balaban J connectivity index is 1.96. The van der Waals surface area contributed by atoms with E-state index in [0.717, 1.165) is 32.1 Å². The quantitative estimate of drug-likeness (QED) is 0.700. The molecule has 5 nitrogen and oxygen atoms in total. The first-order valence-electron chi connectivity index (χ1n) is 4.84. The van der Waals surface area contributed by atoms with Gasteiger partial charge >= 0.3 is 0 Å². The molecule has 0 aliphatic carbocycles. The highest BCUT2D eigenvalue weighted by Gasteiger charge is 2.16. The maximum absolute atomic E-state index is 4.23. The van der Waals surface area contributed by atoms with Gasteiger partial charge in [-0.05, 0) is 13.1 Å². The van der Waals surface area contributed by atoms with Crippen molar-refractivity contribution < 1.29 is 0 Å². The minimum atomic E-state index is 0.836. The van der Waals surface area contributed by atoms with Gasteiger partial charge in [0.2, 0.25) is 5.95 Å². The van der Waals surface area contributed by atoms with E-state index in [1.54, 1.807) is 12.4 Å². The summed E-state index contributed by atoms with van der Waals surface area (Å²) in [5.74, 6) is 0.836. The fourth-order valence-electron chi connectivity index (χ4n) is 1.58. The average molecular weight is 193 g/mol. The van der Waals surface area contributed by atoms with E-state index in [2.05, 4.69) is 25.3 Å². The largest absolute Gasteiger partial charge is 0.338 e. The van der Waals surface area contributed by atoms with Crippen LogP contribution >= 0.6 is 0 Å². The molecule has 0 spiro atoms. The lowest BCUT2D eigenvalue weighted by molar-refractivity contribution is 0.195. The number of nitrogens with one attached hydrogen (secondary N) is 1. The number of hydrazine groups is 1. The predicted octanol–water partition coefficient (Wildman–Crippen LogP) is -0.267. The van der Waals surface area contributed by atoms with Crippen LogP contribution in [0.15, 0.2) is 18.5 Å². The van der Waals surface area contributed by atoms with E-state index in [1.807, 2.05) is 13.1 Å². The van der Waals surface area contributed by atoms with Crippen LogP contribution < -0.4 is 10.3 Å². The van der Waals surface area contributed by atoms with Crippen molar-refractivity contribution in [3.63, 3.8) is 0 Å². The van der Waals surface area contributed by atoms with Crippen LogP contribution in [-0.4, -0.2) is 48.2 Å². The number of hydrogen-bond acceptors (Lipinski definition) is 5. The zero-order valence-corrected chi connectivity index (χ0v) is 8.35. The highest BCUT2D eigenvalue weighted by atomic mass is 15.5. The summed E-state index contributed by atoms with van der Waals surface area (Å²) in [6.45, 7) is 3.97. The van der Waals surface area contributed by atoms with Crippen LogP contribution in [-0.2, 0) is 0 Å². The molecule has 1 saturated heterocycles. The second-order valence-electron chi connectivity index (χ2n) is 3.25. The van der Waals surface area contributed by atoms with Gasteiger partial charge in [0, 0.05) is 38.6 Å². The van der Waals surface area contributed by atoms with Crippen molar-refractivity contribution in [1.82, 2.24) is 20.4 Å². The molecule has 1 aliphatic rings. The van der Waals surface area contributed by atoms with Crippen LogP contribution in [0.2, 0.25) is 0 Å². The van der Waals surface area contributed by atoms with Crippen molar-refractivity contribution in [3.05, 3.63) is 18.5 Å². The second kappa shape index (κ2) is 4.34. The first-order chi connectivity index (χ1) is 6.90. The Hall–Kier alpha value is -1.20. The molecule has 0 atom stereocenters. The van der Waals surface area contributed by atoms with Crippen molar-refractivity contribution in [3.8, 4) is 0 Å². The molecule has 1 aromatic heterocycles. The Bertz CT molecular complexity index is 268. The van der Waals surface area contributed by atoms with Gasteiger partial charge in [0.05, 0.1) is 0 Å². The summed E-state index contributed by atoms with van der Waals surface area (Å²) in [6, 6.07) is 1.84. The van der Waals surface area contributed by atoms with Crippen molar-refractivity contribution in [2.75, 3.05) is 38.1 Å². The van der Waals surface area contributed by atoms with E-state index in [0.29, 0.717) is 0 Å². The molecule has 1 N–H and O–H groups in total. The number of anilines is 1. The number of aromatic nitrogens is 2. The maximum atomic E-state index is 4.23. The number of rotatable bonds is 2. The molecule has 1 aromatic rings. The van der Waals surface area contributed by atoms with Gasteiger partial charge in [-0.3, -0.25) is 5.43 Å². The smallest absolute Gasteiger partial charge is 0.225 e. The zero-order valence-electron chi connectivity index (χ0n) is 8.35. The van der Waals surface area contributed by atoms with Crippen LogP contribution in [0.25, 0.3) is 0 Å². The van der Waals surface area contributed by atoms with Gasteiger partial charge in [-0.15, -0.1) is 0 Å². The summed E-state index contributed by atoms with van der Waals surface area (Å²) in [6.07, 6.45) is 3.57. The fraction of sp³-hybridized carbons (Fsp3) is 0.556. The molecule has 0 unspecified atom stereocenters. The van der Waals surface area contributed by atoms with E-state index in [1.165, 1.54) is 0 Å². The zero-order chi connectivity index (χ0) is 9.80. The third-order valence-electron chi connectivity index (χ3n) is 2.43. The van der Waals surface area contributed by atoms with Gasteiger partial charge in [-0.1, -0.05) is 0 Å². The van der Waals surface area contributed by atoms with Crippen LogP contribution in [0.4, 0.5) is 5.95 Å². The molecule has 0 saturated carbocycles. The standard InChI is InChI=1S/C9H15N5/c1-10-14-7-5-13(6-8-14)9-11-3-2-4-12-9/h2-4,10H,5-8H2,1H3. The topological polar surface area (TPSA) is 44.3 Å². The monoisotopic (exact) mass is 193 g/mol. The molecular formula is C9H15N5. The Kier molecular flexibility index (Phi) is 2.90. The van der Waals surface area contributed by atoms with Gasteiger partial charge in [0.25, 0.3) is 0 Å². The van der Waals surface area contributed by atoms with Crippen molar-refractivity contribution >= 4 is 5.95 Å². The lowest BCUT2D eigenvalue weighted by atomic mass is 10.4. The molecule has 0 aromatic carbocycles. The minimum absolute atomic E-state index is 0.836. The first kappa shape index (κ1) is 9.36. The molecule has 76 valence electrons. The van der Waals surface area contributed by atoms with Gasteiger partial charge in [-0.2, -0.15) is 0 Å². The number of piperazine rings is 1. The van der Waals surface area contributed by atoms with Gasteiger partial charge < -0.3 is 4.90 Å². The third-order valence-corrected chi connectivity index (χ3v) is 2.43. The molecule has 0 amide bonds. The summed E-state index contributed by atoms with van der Waals surface area (Å²) in [5.41, 5.74) is 3.14. The molecule has 1 aliphatic heterocycles. The highest BCUT2D eigenvalue weighted by Crippen LogP contribution is 2.07. The van der Waals surface area contributed by atoms with E-state index in [4.69, 9.17) is 0 Å². The van der Waals surface area contributed by atoms with Crippen molar-refractivity contribution in [2.24, 2.45) is 0 Å². The Morgan fingerprint density at radius 2 is 1.79 bits per heavy atom. The van der Waals surface area contributed by atoms with Crippen molar-refractivity contribution in [2.45, 2.75) is 0 Å². The molecule has 5 heteroatoms. The van der Waals surface area contributed by atoms with Gasteiger partial charge in [-0.25, -0.2) is 15.0 Å². The van der Waals surface area contributed by atoms with E-state index < -0.39 is 0 Å². The molecule has 0 radical (unpaired) electrons. The van der Waals surface area contributed by atoms with Crippen LogP contribution in [0, 0.1) is 0 Å². The molecule has 2 heterocycles. The fourth-order valence-corrected chi connectivity index (χ4v) is 1.58.